The molecule has 2 aromatic rings. The van der Waals surface area contributed by atoms with Gasteiger partial charge in [0.1, 0.15) is 11.8 Å². The second-order valence-electron chi connectivity index (χ2n) is 5.93. The molecule has 0 amide bonds. The van der Waals surface area contributed by atoms with E-state index in [4.69, 9.17) is 5.73 Å². The van der Waals surface area contributed by atoms with Crippen LogP contribution in [0.15, 0.2) is 12.7 Å². The molecule has 1 saturated heterocycles. The van der Waals surface area contributed by atoms with Gasteiger partial charge in [0.25, 0.3) is 0 Å². The molecular formula is C14H23N7. The maximum Gasteiger partial charge on any atom is 0.165 e. The van der Waals surface area contributed by atoms with Gasteiger partial charge in [-0.3, -0.25) is 0 Å². The molecule has 2 N–H and O–H groups in total. The number of nitrogens with zero attached hydrogens (tertiary/aromatic N) is 6. The SMILES string of the molecule is CN(C)C1CCN(CCCn2cnc3c(N)ncnc32)C1. The van der Waals surface area contributed by atoms with E-state index in [1.165, 1.54) is 25.8 Å². The molecule has 1 unspecified atom stereocenters. The van der Waals surface area contributed by atoms with E-state index in [9.17, 15) is 0 Å². The number of nitrogen functional groups attached to an aromatic ring is 1. The molecule has 2 aromatic heterocycles. The molecule has 0 saturated carbocycles. The zero-order valence-electron chi connectivity index (χ0n) is 12.7. The number of rotatable bonds is 5. The van der Waals surface area contributed by atoms with Gasteiger partial charge in [-0.2, -0.15) is 0 Å². The van der Waals surface area contributed by atoms with Crippen molar-refractivity contribution in [2.24, 2.45) is 0 Å². The van der Waals surface area contributed by atoms with Gasteiger partial charge in [-0.1, -0.05) is 0 Å². The Labute approximate surface area is 124 Å². The fourth-order valence-electron chi connectivity index (χ4n) is 2.96. The van der Waals surface area contributed by atoms with Crippen LogP contribution in [0.4, 0.5) is 5.82 Å². The monoisotopic (exact) mass is 289 g/mol. The highest BCUT2D eigenvalue weighted by atomic mass is 15.2. The average Bonchev–Trinajstić information content (AvgIpc) is 3.07. The zero-order chi connectivity index (χ0) is 14.8. The van der Waals surface area contributed by atoms with Crippen molar-refractivity contribution in [3.63, 3.8) is 0 Å². The fraction of sp³-hybridized carbons (Fsp3) is 0.643. The Morgan fingerprint density at radius 1 is 1.29 bits per heavy atom. The normalized spacial score (nSPS) is 19.9. The highest BCUT2D eigenvalue weighted by Gasteiger charge is 2.23. The summed E-state index contributed by atoms with van der Waals surface area (Å²) in [6.45, 7) is 4.40. The molecule has 0 radical (unpaired) electrons. The molecule has 0 aromatic carbocycles. The summed E-state index contributed by atoms with van der Waals surface area (Å²) in [5.74, 6) is 0.451. The average molecular weight is 289 g/mol. The van der Waals surface area contributed by atoms with Crippen molar-refractivity contribution in [2.75, 3.05) is 39.5 Å². The minimum absolute atomic E-state index is 0.451. The third kappa shape index (κ3) is 2.98. The quantitative estimate of drug-likeness (QED) is 0.860. The van der Waals surface area contributed by atoms with E-state index < -0.39 is 0 Å². The van der Waals surface area contributed by atoms with Gasteiger partial charge in [-0.25, -0.2) is 15.0 Å². The predicted molar refractivity (Wildman–Crippen MR) is 82.9 cm³/mol. The highest BCUT2D eigenvalue weighted by Crippen LogP contribution is 2.16. The van der Waals surface area contributed by atoms with Gasteiger partial charge in [0.05, 0.1) is 6.33 Å². The fourth-order valence-corrected chi connectivity index (χ4v) is 2.96. The Hall–Kier alpha value is -1.73. The second kappa shape index (κ2) is 5.95. The number of aryl methyl sites for hydroxylation is 1. The number of hydrogen-bond acceptors (Lipinski definition) is 6. The van der Waals surface area contributed by atoms with Crippen LogP contribution in [-0.4, -0.2) is 69.1 Å². The molecule has 1 atom stereocenters. The van der Waals surface area contributed by atoms with Crippen molar-refractivity contribution in [3.8, 4) is 0 Å². The van der Waals surface area contributed by atoms with E-state index in [0.717, 1.165) is 25.2 Å². The number of likely N-dealkylation sites (tertiary alicyclic amines) is 1. The first-order valence-electron chi connectivity index (χ1n) is 7.45. The third-order valence-corrected chi connectivity index (χ3v) is 4.28. The number of nitrogens with two attached hydrogens (primary N) is 1. The first kappa shape index (κ1) is 14.2. The Balaban J connectivity index is 1.55. The summed E-state index contributed by atoms with van der Waals surface area (Å²) in [5, 5.41) is 0. The molecule has 21 heavy (non-hydrogen) atoms. The van der Waals surface area contributed by atoms with E-state index in [-0.39, 0.29) is 0 Å². The third-order valence-electron chi connectivity index (χ3n) is 4.28. The van der Waals surface area contributed by atoms with Crippen LogP contribution in [0.1, 0.15) is 12.8 Å². The van der Waals surface area contributed by atoms with Crippen LogP contribution in [0.2, 0.25) is 0 Å². The Morgan fingerprint density at radius 2 is 2.14 bits per heavy atom. The summed E-state index contributed by atoms with van der Waals surface area (Å²) >= 11 is 0. The largest absolute Gasteiger partial charge is 0.382 e. The van der Waals surface area contributed by atoms with Crippen molar-refractivity contribution < 1.29 is 0 Å². The van der Waals surface area contributed by atoms with Gasteiger partial charge >= 0.3 is 0 Å². The Morgan fingerprint density at radius 3 is 2.90 bits per heavy atom. The molecule has 0 bridgehead atoms. The van der Waals surface area contributed by atoms with Crippen molar-refractivity contribution in [1.29, 1.82) is 0 Å². The number of fused-ring (bicyclic) bond motifs is 1. The summed E-state index contributed by atoms with van der Waals surface area (Å²) in [7, 11) is 4.33. The Bertz CT molecular complexity index is 606. The summed E-state index contributed by atoms with van der Waals surface area (Å²) in [5.41, 5.74) is 7.33. The van der Waals surface area contributed by atoms with Gasteiger partial charge in [0, 0.05) is 19.1 Å². The lowest BCUT2D eigenvalue weighted by molar-refractivity contribution is 0.265. The molecule has 7 nitrogen and oxygen atoms in total. The lowest BCUT2D eigenvalue weighted by Crippen LogP contribution is -2.32. The number of likely N-dealkylation sites (N-methyl/N-ethyl adjacent to an activating group) is 1. The van der Waals surface area contributed by atoms with Crippen LogP contribution >= 0.6 is 0 Å². The highest BCUT2D eigenvalue weighted by molar-refractivity contribution is 5.80. The van der Waals surface area contributed by atoms with E-state index in [0.29, 0.717) is 17.4 Å². The van der Waals surface area contributed by atoms with Crippen molar-refractivity contribution >= 4 is 17.0 Å². The van der Waals surface area contributed by atoms with Gasteiger partial charge in [-0.05, 0) is 40.0 Å². The molecule has 0 aliphatic carbocycles. The number of hydrogen-bond donors (Lipinski definition) is 1. The minimum Gasteiger partial charge on any atom is -0.382 e. The first-order valence-corrected chi connectivity index (χ1v) is 7.45. The van der Waals surface area contributed by atoms with Crippen molar-refractivity contribution in [2.45, 2.75) is 25.4 Å². The first-order chi connectivity index (χ1) is 10.1. The van der Waals surface area contributed by atoms with E-state index >= 15 is 0 Å². The van der Waals surface area contributed by atoms with Crippen LogP contribution in [0.5, 0.6) is 0 Å². The lowest BCUT2D eigenvalue weighted by Gasteiger charge is -2.20. The van der Waals surface area contributed by atoms with Crippen molar-refractivity contribution in [3.05, 3.63) is 12.7 Å². The second-order valence-corrected chi connectivity index (χ2v) is 5.93. The van der Waals surface area contributed by atoms with Crippen LogP contribution < -0.4 is 5.73 Å². The summed E-state index contributed by atoms with van der Waals surface area (Å²) < 4.78 is 2.06. The molecule has 1 fully saturated rings. The molecule has 1 aliphatic heterocycles. The smallest absolute Gasteiger partial charge is 0.165 e. The van der Waals surface area contributed by atoms with Gasteiger partial charge in [-0.15, -0.1) is 0 Å². The predicted octanol–water partition coefficient (Wildman–Crippen LogP) is 0.434. The maximum absolute atomic E-state index is 5.80. The van der Waals surface area contributed by atoms with Crippen LogP contribution in [0.3, 0.4) is 0 Å². The molecule has 1 aliphatic rings. The molecular weight excluding hydrogens is 266 g/mol. The number of aromatic nitrogens is 4. The number of anilines is 1. The van der Waals surface area contributed by atoms with Crippen LogP contribution in [0, 0.1) is 0 Å². The molecule has 7 heteroatoms. The van der Waals surface area contributed by atoms with E-state index in [1.54, 1.807) is 0 Å². The van der Waals surface area contributed by atoms with Gasteiger partial charge < -0.3 is 20.1 Å². The maximum atomic E-state index is 5.80. The van der Waals surface area contributed by atoms with E-state index in [2.05, 4.69) is 43.4 Å². The zero-order valence-corrected chi connectivity index (χ0v) is 12.7. The standard InChI is InChI=1S/C14H23N7/c1-19(2)11-4-7-20(8-11)5-3-6-21-10-18-12-13(15)16-9-17-14(12)21/h9-11H,3-8H2,1-2H3,(H2,15,16,17). The summed E-state index contributed by atoms with van der Waals surface area (Å²) in [4.78, 5) is 17.4. The molecule has 0 spiro atoms. The Kier molecular flexibility index (Phi) is 4.03. The molecule has 3 heterocycles. The summed E-state index contributed by atoms with van der Waals surface area (Å²) in [6.07, 6.45) is 5.67. The van der Waals surface area contributed by atoms with Crippen LogP contribution in [-0.2, 0) is 6.54 Å². The lowest BCUT2D eigenvalue weighted by atomic mass is 10.2. The summed E-state index contributed by atoms with van der Waals surface area (Å²) in [6, 6.07) is 0.701. The minimum atomic E-state index is 0.451. The molecule has 114 valence electrons. The van der Waals surface area contributed by atoms with Crippen molar-refractivity contribution in [1.82, 2.24) is 29.3 Å². The number of imidazole rings is 1. The van der Waals surface area contributed by atoms with Crippen LogP contribution in [0.25, 0.3) is 11.2 Å². The topological polar surface area (TPSA) is 76.1 Å². The van der Waals surface area contributed by atoms with Gasteiger partial charge in [0.15, 0.2) is 11.5 Å². The van der Waals surface area contributed by atoms with Gasteiger partial charge in [0.2, 0.25) is 0 Å². The van der Waals surface area contributed by atoms with E-state index in [1.807, 2.05) is 6.33 Å². The molecule has 3 rings (SSSR count).